The van der Waals surface area contributed by atoms with Crippen LogP contribution in [0.25, 0.3) is 0 Å². The summed E-state index contributed by atoms with van der Waals surface area (Å²) < 4.78 is 0. The van der Waals surface area contributed by atoms with Gasteiger partial charge in [0.25, 0.3) is 0 Å². The van der Waals surface area contributed by atoms with E-state index in [4.69, 9.17) is 0 Å². The van der Waals surface area contributed by atoms with Crippen LogP contribution in [-0.2, 0) is 4.79 Å². The van der Waals surface area contributed by atoms with E-state index in [0.717, 1.165) is 5.69 Å². The quantitative estimate of drug-likeness (QED) is 0.721. The standard InChI is InChI=1S/C11H16N2O2/c1-11(2,3)13(8-10(14)15)9-5-4-6-12-7-9/h4-7H,8H2,1-3H3,(H,14,15)/p-1. The highest BCUT2D eigenvalue weighted by Crippen LogP contribution is 2.21. The Morgan fingerprint density at radius 2 is 2.20 bits per heavy atom. The molecule has 0 aromatic carbocycles. The maximum absolute atomic E-state index is 10.7. The van der Waals surface area contributed by atoms with Gasteiger partial charge in [0.15, 0.2) is 0 Å². The van der Waals surface area contributed by atoms with E-state index in [9.17, 15) is 9.90 Å². The van der Waals surface area contributed by atoms with Gasteiger partial charge in [0, 0.05) is 11.7 Å². The van der Waals surface area contributed by atoms with Gasteiger partial charge in [0.05, 0.1) is 24.4 Å². The predicted molar refractivity (Wildman–Crippen MR) is 56.3 cm³/mol. The van der Waals surface area contributed by atoms with Crippen molar-refractivity contribution < 1.29 is 9.90 Å². The summed E-state index contributed by atoms with van der Waals surface area (Å²) in [6, 6.07) is 3.62. The fraction of sp³-hybridized carbons (Fsp3) is 0.455. The summed E-state index contributed by atoms with van der Waals surface area (Å²) in [6.45, 7) is 5.71. The van der Waals surface area contributed by atoms with Gasteiger partial charge in [-0.1, -0.05) is 0 Å². The minimum Gasteiger partial charge on any atom is -0.548 e. The summed E-state index contributed by atoms with van der Waals surface area (Å²) >= 11 is 0. The molecule has 0 atom stereocenters. The van der Waals surface area contributed by atoms with Gasteiger partial charge in [0.1, 0.15) is 0 Å². The number of carbonyl (C=O) groups excluding carboxylic acids is 1. The average Bonchev–Trinajstić information content (AvgIpc) is 2.14. The van der Waals surface area contributed by atoms with Gasteiger partial charge in [-0.2, -0.15) is 0 Å². The van der Waals surface area contributed by atoms with Crippen LogP contribution in [0.15, 0.2) is 24.5 Å². The molecule has 0 bridgehead atoms. The highest BCUT2D eigenvalue weighted by Gasteiger charge is 2.21. The molecular weight excluding hydrogens is 192 g/mol. The summed E-state index contributed by atoms with van der Waals surface area (Å²) in [6.07, 6.45) is 3.30. The van der Waals surface area contributed by atoms with Crippen LogP contribution < -0.4 is 10.0 Å². The molecule has 4 heteroatoms. The highest BCUT2D eigenvalue weighted by molar-refractivity contribution is 5.72. The fourth-order valence-corrected chi connectivity index (χ4v) is 1.36. The molecule has 0 N–H and O–H groups in total. The van der Waals surface area contributed by atoms with Crippen molar-refractivity contribution in [3.05, 3.63) is 24.5 Å². The summed E-state index contributed by atoms with van der Waals surface area (Å²) in [5.41, 5.74) is 0.512. The number of rotatable bonds is 3. The number of pyridine rings is 1. The first-order valence-corrected chi connectivity index (χ1v) is 4.79. The highest BCUT2D eigenvalue weighted by atomic mass is 16.4. The van der Waals surface area contributed by atoms with E-state index in [2.05, 4.69) is 4.98 Å². The molecule has 4 nitrogen and oxygen atoms in total. The van der Waals surface area contributed by atoms with Crippen LogP contribution in [0.2, 0.25) is 0 Å². The first-order chi connectivity index (χ1) is 6.91. The number of hydrogen-bond acceptors (Lipinski definition) is 4. The van der Waals surface area contributed by atoms with E-state index in [1.54, 1.807) is 23.4 Å². The molecular formula is C11H15N2O2-. The molecule has 0 spiro atoms. The Kier molecular flexibility index (Phi) is 3.29. The van der Waals surface area contributed by atoms with Crippen LogP contribution in [0.1, 0.15) is 20.8 Å². The summed E-state index contributed by atoms with van der Waals surface area (Å²) in [5.74, 6) is -1.09. The molecule has 0 aliphatic rings. The van der Waals surface area contributed by atoms with Crippen LogP contribution in [-0.4, -0.2) is 23.0 Å². The molecule has 0 fully saturated rings. The minimum atomic E-state index is -1.09. The third-order valence-corrected chi connectivity index (χ3v) is 2.05. The van der Waals surface area contributed by atoms with Crippen molar-refractivity contribution in [1.82, 2.24) is 4.98 Å². The second-order valence-electron chi connectivity index (χ2n) is 4.34. The smallest absolute Gasteiger partial charge is 0.0608 e. The second-order valence-corrected chi connectivity index (χ2v) is 4.34. The van der Waals surface area contributed by atoms with E-state index in [-0.39, 0.29) is 12.1 Å². The molecule has 0 amide bonds. The third kappa shape index (κ3) is 3.23. The molecule has 0 saturated carbocycles. The molecule has 15 heavy (non-hydrogen) atoms. The number of carbonyl (C=O) groups is 1. The molecule has 0 aliphatic heterocycles. The van der Waals surface area contributed by atoms with Gasteiger partial charge in [-0.05, 0) is 32.9 Å². The van der Waals surface area contributed by atoms with E-state index >= 15 is 0 Å². The maximum atomic E-state index is 10.7. The van der Waals surface area contributed by atoms with Gasteiger partial charge in [-0.15, -0.1) is 0 Å². The molecule has 1 aromatic heterocycles. The van der Waals surface area contributed by atoms with Crippen molar-refractivity contribution in [3.8, 4) is 0 Å². The van der Waals surface area contributed by atoms with Crippen molar-refractivity contribution in [2.45, 2.75) is 26.3 Å². The van der Waals surface area contributed by atoms with Gasteiger partial charge in [-0.3, -0.25) is 4.98 Å². The lowest BCUT2D eigenvalue weighted by Gasteiger charge is -2.37. The molecule has 1 heterocycles. The largest absolute Gasteiger partial charge is 0.548 e. The van der Waals surface area contributed by atoms with Crippen LogP contribution in [0.5, 0.6) is 0 Å². The average molecular weight is 207 g/mol. The topological polar surface area (TPSA) is 56.3 Å². The zero-order valence-corrected chi connectivity index (χ0v) is 9.23. The Morgan fingerprint density at radius 3 is 2.60 bits per heavy atom. The Hall–Kier alpha value is -1.58. The van der Waals surface area contributed by atoms with E-state index < -0.39 is 5.97 Å². The van der Waals surface area contributed by atoms with Crippen LogP contribution >= 0.6 is 0 Å². The lowest BCUT2D eigenvalue weighted by molar-refractivity contribution is -0.303. The first kappa shape index (κ1) is 11.5. The Labute approximate surface area is 89.6 Å². The predicted octanol–water partition coefficient (Wildman–Crippen LogP) is 0.436. The fourth-order valence-electron chi connectivity index (χ4n) is 1.36. The number of aromatic nitrogens is 1. The number of anilines is 1. The Bertz CT molecular complexity index is 330. The lowest BCUT2D eigenvalue weighted by atomic mass is 10.1. The maximum Gasteiger partial charge on any atom is 0.0608 e. The van der Waals surface area contributed by atoms with Gasteiger partial charge in [0.2, 0.25) is 0 Å². The Balaban J connectivity index is 2.97. The normalized spacial score (nSPS) is 11.1. The van der Waals surface area contributed by atoms with Crippen molar-refractivity contribution in [3.63, 3.8) is 0 Å². The Morgan fingerprint density at radius 1 is 1.53 bits per heavy atom. The molecule has 1 aromatic rings. The third-order valence-electron chi connectivity index (χ3n) is 2.05. The van der Waals surface area contributed by atoms with Crippen molar-refractivity contribution in [2.24, 2.45) is 0 Å². The van der Waals surface area contributed by atoms with Gasteiger partial charge < -0.3 is 14.8 Å². The number of carboxylic acid groups (broad SMARTS) is 1. The van der Waals surface area contributed by atoms with Crippen LogP contribution in [0, 0.1) is 0 Å². The van der Waals surface area contributed by atoms with Crippen molar-refractivity contribution >= 4 is 11.7 Å². The van der Waals surface area contributed by atoms with Crippen LogP contribution in [0.3, 0.4) is 0 Å². The summed E-state index contributed by atoms with van der Waals surface area (Å²) in [5, 5.41) is 10.7. The van der Waals surface area contributed by atoms with Gasteiger partial charge in [-0.25, -0.2) is 0 Å². The first-order valence-electron chi connectivity index (χ1n) is 4.79. The number of hydrogen-bond donors (Lipinski definition) is 0. The minimum absolute atomic E-state index is 0.130. The number of aliphatic carboxylic acids is 1. The molecule has 0 radical (unpaired) electrons. The lowest BCUT2D eigenvalue weighted by Crippen LogP contribution is -2.48. The zero-order chi connectivity index (χ0) is 11.5. The SMILES string of the molecule is CC(C)(C)N(CC(=O)[O-])c1cccnc1. The van der Waals surface area contributed by atoms with E-state index in [0.29, 0.717) is 0 Å². The monoisotopic (exact) mass is 207 g/mol. The van der Waals surface area contributed by atoms with E-state index in [1.807, 2.05) is 26.8 Å². The molecule has 0 saturated heterocycles. The van der Waals surface area contributed by atoms with Gasteiger partial charge >= 0.3 is 0 Å². The summed E-state index contributed by atoms with van der Waals surface area (Å²) in [7, 11) is 0. The van der Waals surface area contributed by atoms with Crippen LogP contribution in [0.4, 0.5) is 5.69 Å². The molecule has 0 aliphatic carbocycles. The van der Waals surface area contributed by atoms with Crippen molar-refractivity contribution in [2.75, 3.05) is 11.4 Å². The molecule has 82 valence electrons. The number of nitrogens with zero attached hydrogens (tertiary/aromatic N) is 2. The second kappa shape index (κ2) is 4.29. The molecule has 0 unspecified atom stereocenters. The zero-order valence-electron chi connectivity index (χ0n) is 9.23. The number of carboxylic acids is 1. The summed E-state index contributed by atoms with van der Waals surface area (Å²) in [4.78, 5) is 16.4. The van der Waals surface area contributed by atoms with Crippen molar-refractivity contribution in [1.29, 1.82) is 0 Å². The van der Waals surface area contributed by atoms with E-state index in [1.165, 1.54) is 0 Å². The molecule has 1 rings (SSSR count).